The normalized spacial score (nSPS) is 10.5. The van der Waals surface area contributed by atoms with Crippen molar-refractivity contribution in [2.45, 2.75) is 13.3 Å². The number of carbonyl (C=O) groups excluding carboxylic acids is 1. The highest BCUT2D eigenvalue weighted by Gasteiger charge is 2.15. The van der Waals surface area contributed by atoms with Crippen molar-refractivity contribution in [3.63, 3.8) is 0 Å². The summed E-state index contributed by atoms with van der Waals surface area (Å²) in [5.41, 5.74) is 5.08. The van der Waals surface area contributed by atoms with Crippen molar-refractivity contribution in [2.75, 3.05) is 24.2 Å². The largest absolute Gasteiger partial charge is 0.462 e. The molecule has 0 amide bonds. The minimum Gasteiger partial charge on any atom is -0.462 e. The summed E-state index contributed by atoms with van der Waals surface area (Å²) in [6, 6.07) is 1.95. The van der Waals surface area contributed by atoms with Gasteiger partial charge in [-0.2, -0.15) is 0 Å². The van der Waals surface area contributed by atoms with E-state index in [0.717, 1.165) is 12.1 Å². The van der Waals surface area contributed by atoms with Crippen molar-refractivity contribution in [2.24, 2.45) is 0 Å². The van der Waals surface area contributed by atoms with E-state index in [1.807, 2.05) is 0 Å². The molecule has 3 N–H and O–H groups in total. The molecule has 1 rings (SSSR count). The van der Waals surface area contributed by atoms with Gasteiger partial charge in [0.2, 0.25) is 0 Å². The Hall–Kier alpha value is -1.92. The predicted octanol–water partition coefficient (Wildman–Crippen LogP) is 2.26. The molecular formula is C11H13F3N2O2. The van der Waals surface area contributed by atoms with Gasteiger partial charge in [-0.1, -0.05) is 0 Å². The third kappa shape index (κ3) is 3.54. The molecule has 0 fully saturated rings. The Bertz CT molecular complexity index is 439. The zero-order valence-corrected chi connectivity index (χ0v) is 9.67. The van der Waals surface area contributed by atoms with Crippen LogP contribution in [0.15, 0.2) is 12.1 Å². The molecule has 0 aliphatic carbocycles. The van der Waals surface area contributed by atoms with Crippen LogP contribution in [0, 0.1) is 5.82 Å². The number of carbonyl (C=O) groups is 1. The fourth-order valence-electron chi connectivity index (χ4n) is 1.30. The fourth-order valence-corrected chi connectivity index (χ4v) is 1.30. The second kappa shape index (κ2) is 6.13. The summed E-state index contributed by atoms with van der Waals surface area (Å²) in [5.74, 6) is -1.53. The van der Waals surface area contributed by atoms with E-state index in [1.54, 1.807) is 6.92 Å². The molecule has 0 saturated carbocycles. The molecule has 0 heterocycles. The first-order valence-electron chi connectivity index (χ1n) is 5.23. The molecular weight excluding hydrogens is 249 g/mol. The molecule has 0 saturated heterocycles. The monoisotopic (exact) mass is 262 g/mol. The van der Waals surface area contributed by atoms with E-state index in [2.05, 4.69) is 5.32 Å². The second-order valence-electron chi connectivity index (χ2n) is 3.41. The third-order valence-corrected chi connectivity index (χ3v) is 2.08. The summed E-state index contributed by atoms with van der Waals surface area (Å²) >= 11 is 0. The Morgan fingerprint density at radius 1 is 1.50 bits per heavy atom. The molecule has 1 aromatic carbocycles. The highest BCUT2D eigenvalue weighted by molar-refractivity contribution is 5.96. The fraction of sp³-hybridized carbons (Fsp3) is 0.364. The van der Waals surface area contributed by atoms with Crippen molar-refractivity contribution in [3.05, 3.63) is 23.5 Å². The van der Waals surface area contributed by atoms with Gasteiger partial charge < -0.3 is 15.8 Å². The predicted molar refractivity (Wildman–Crippen MR) is 61.3 cm³/mol. The zero-order chi connectivity index (χ0) is 13.7. The number of benzene rings is 1. The second-order valence-corrected chi connectivity index (χ2v) is 3.41. The Morgan fingerprint density at radius 2 is 2.17 bits per heavy atom. The summed E-state index contributed by atoms with van der Waals surface area (Å²) in [5, 5.41) is 2.19. The molecule has 100 valence electrons. The average molecular weight is 262 g/mol. The number of hydrogen-bond donors (Lipinski definition) is 2. The van der Waals surface area contributed by atoms with E-state index in [0.29, 0.717) is 0 Å². The van der Waals surface area contributed by atoms with Gasteiger partial charge in [-0.25, -0.2) is 18.0 Å². The first-order chi connectivity index (χ1) is 8.45. The number of ether oxygens (including phenoxy) is 1. The molecule has 0 radical (unpaired) electrons. The average Bonchev–Trinajstić information content (AvgIpc) is 2.27. The molecule has 0 bridgehead atoms. The van der Waals surface area contributed by atoms with Gasteiger partial charge in [-0.05, 0) is 19.1 Å². The minimum atomic E-state index is -2.63. The Labute approximate surface area is 102 Å². The van der Waals surface area contributed by atoms with Crippen molar-refractivity contribution in [1.29, 1.82) is 0 Å². The molecule has 0 aromatic heterocycles. The van der Waals surface area contributed by atoms with E-state index in [-0.39, 0.29) is 23.5 Å². The number of hydrogen-bond acceptors (Lipinski definition) is 4. The summed E-state index contributed by atoms with van der Waals surface area (Å²) < 4.78 is 42.1. The Kier molecular flexibility index (Phi) is 4.82. The van der Waals surface area contributed by atoms with Crippen LogP contribution in [0.1, 0.15) is 17.3 Å². The van der Waals surface area contributed by atoms with Crippen LogP contribution in [-0.2, 0) is 4.74 Å². The lowest BCUT2D eigenvalue weighted by molar-refractivity contribution is 0.0527. The zero-order valence-electron chi connectivity index (χ0n) is 9.67. The molecule has 18 heavy (non-hydrogen) atoms. The van der Waals surface area contributed by atoms with Crippen LogP contribution in [0.2, 0.25) is 0 Å². The van der Waals surface area contributed by atoms with Gasteiger partial charge in [0.25, 0.3) is 6.43 Å². The number of nitrogens with two attached hydrogens (primary N) is 1. The maximum atomic E-state index is 13.4. The van der Waals surface area contributed by atoms with Crippen LogP contribution >= 0.6 is 0 Å². The van der Waals surface area contributed by atoms with Gasteiger partial charge in [-0.15, -0.1) is 0 Å². The summed E-state index contributed by atoms with van der Waals surface area (Å²) in [4.78, 5) is 11.5. The number of anilines is 2. The summed E-state index contributed by atoms with van der Waals surface area (Å²) in [6.45, 7) is 1.02. The van der Waals surface area contributed by atoms with E-state index < -0.39 is 24.8 Å². The lowest BCUT2D eigenvalue weighted by Crippen LogP contribution is -2.14. The Balaban J connectivity index is 2.98. The van der Waals surface area contributed by atoms with E-state index >= 15 is 0 Å². The van der Waals surface area contributed by atoms with Crippen molar-refractivity contribution in [3.8, 4) is 0 Å². The number of halogens is 3. The van der Waals surface area contributed by atoms with E-state index in [1.165, 1.54) is 0 Å². The molecule has 0 spiro atoms. The minimum absolute atomic E-state index is 0.0602. The number of alkyl halides is 2. The van der Waals surface area contributed by atoms with Gasteiger partial charge in [-0.3, -0.25) is 0 Å². The van der Waals surface area contributed by atoms with Crippen molar-refractivity contribution >= 4 is 17.3 Å². The maximum Gasteiger partial charge on any atom is 0.340 e. The van der Waals surface area contributed by atoms with Gasteiger partial charge in [0.05, 0.1) is 24.4 Å². The summed E-state index contributed by atoms with van der Waals surface area (Å²) in [6.07, 6.45) is -2.63. The number of esters is 1. The van der Waals surface area contributed by atoms with Crippen LogP contribution in [0.4, 0.5) is 24.5 Å². The van der Waals surface area contributed by atoms with Crippen LogP contribution in [-0.4, -0.2) is 25.5 Å². The van der Waals surface area contributed by atoms with Crippen molar-refractivity contribution in [1.82, 2.24) is 0 Å². The molecule has 7 heteroatoms. The highest BCUT2D eigenvalue weighted by Crippen LogP contribution is 2.23. The molecule has 0 aliphatic rings. The maximum absolute atomic E-state index is 13.4. The lowest BCUT2D eigenvalue weighted by atomic mass is 10.1. The molecule has 0 atom stereocenters. The molecule has 1 aromatic rings. The van der Waals surface area contributed by atoms with Gasteiger partial charge in [0, 0.05) is 5.69 Å². The van der Waals surface area contributed by atoms with Gasteiger partial charge in [0.15, 0.2) is 0 Å². The number of nitrogen functional groups attached to an aromatic ring is 1. The SMILES string of the molecule is CCOC(=O)c1cc(NCC(F)F)c(F)cc1N. The van der Waals surface area contributed by atoms with Crippen LogP contribution in [0.5, 0.6) is 0 Å². The van der Waals surface area contributed by atoms with Crippen LogP contribution in [0.25, 0.3) is 0 Å². The molecule has 4 nitrogen and oxygen atoms in total. The lowest BCUT2D eigenvalue weighted by Gasteiger charge is -2.11. The van der Waals surface area contributed by atoms with E-state index in [9.17, 15) is 18.0 Å². The topological polar surface area (TPSA) is 64.3 Å². The highest BCUT2D eigenvalue weighted by atomic mass is 19.3. The standard InChI is InChI=1S/C11H13F3N2O2/c1-2-18-11(17)6-3-9(16-5-10(13)14)7(12)4-8(6)15/h3-4,10,16H,2,5,15H2,1H3. The first-order valence-corrected chi connectivity index (χ1v) is 5.23. The summed E-state index contributed by atoms with van der Waals surface area (Å²) in [7, 11) is 0. The smallest absolute Gasteiger partial charge is 0.340 e. The van der Waals surface area contributed by atoms with E-state index in [4.69, 9.17) is 10.5 Å². The van der Waals surface area contributed by atoms with Crippen LogP contribution in [0.3, 0.4) is 0 Å². The quantitative estimate of drug-likeness (QED) is 0.631. The van der Waals surface area contributed by atoms with Gasteiger partial charge in [0.1, 0.15) is 5.82 Å². The van der Waals surface area contributed by atoms with Gasteiger partial charge >= 0.3 is 5.97 Å². The van der Waals surface area contributed by atoms with Crippen LogP contribution < -0.4 is 11.1 Å². The number of rotatable bonds is 5. The molecule has 0 aliphatic heterocycles. The third-order valence-electron chi connectivity index (χ3n) is 2.08. The number of nitrogens with one attached hydrogen (secondary N) is 1. The molecule has 0 unspecified atom stereocenters. The Morgan fingerprint density at radius 3 is 2.72 bits per heavy atom. The first kappa shape index (κ1) is 14.1. The van der Waals surface area contributed by atoms with Crippen molar-refractivity contribution < 1.29 is 22.7 Å².